The van der Waals surface area contributed by atoms with Crippen LogP contribution >= 0.6 is 23.2 Å². The second-order valence-electron chi connectivity index (χ2n) is 2.15. The van der Waals surface area contributed by atoms with Crippen molar-refractivity contribution in [2.24, 2.45) is 5.84 Å². The van der Waals surface area contributed by atoms with Gasteiger partial charge in [0.15, 0.2) is 0 Å². The lowest BCUT2D eigenvalue weighted by molar-refractivity contribution is -0.135. The Morgan fingerprint density at radius 3 is 2.00 bits per heavy atom. The predicted octanol–water partition coefficient (Wildman–Crippen LogP) is 1.85. The number of hydrogen-bond donors (Lipinski definition) is 3. The number of alkyl halides is 2. The van der Waals surface area contributed by atoms with Crippen LogP contribution in [0.15, 0.2) is 30.3 Å². The van der Waals surface area contributed by atoms with Crippen molar-refractivity contribution in [1.29, 1.82) is 0 Å². The molecule has 0 spiro atoms. The molecule has 0 fully saturated rings. The largest absolute Gasteiger partial charge is 0.479 e. The molecule has 0 atom stereocenters. The minimum absolute atomic E-state index is 0.938. The van der Waals surface area contributed by atoms with Crippen molar-refractivity contribution in [3.63, 3.8) is 0 Å². The highest BCUT2D eigenvalue weighted by molar-refractivity contribution is 6.52. The van der Waals surface area contributed by atoms with E-state index in [9.17, 15) is 4.79 Å². The zero-order valence-corrected chi connectivity index (χ0v) is 8.66. The SMILES string of the molecule is NNc1ccccc1.O=C(O)C(Cl)Cl. The number of benzene rings is 1. The molecule has 14 heavy (non-hydrogen) atoms. The lowest BCUT2D eigenvalue weighted by atomic mass is 10.3. The first-order chi connectivity index (χ1) is 6.57. The van der Waals surface area contributed by atoms with Gasteiger partial charge in [0.05, 0.1) is 0 Å². The molecule has 0 aliphatic rings. The molecule has 0 aliphatic carbocycles. The fourth-order valence-electron chi connectivity index (χ4n) is 0.534. The van der Waals surface area contributed by atoms with E-state index in [0.29, 0.717) is 0 Å². The molecule has 1 rings (SSSR count). The van der Waals surface area contributed by atoms with E-state index < -0.39 is 10.8 Å². The van der Waals surface area contributed by atoms with Gasteiger partial charge in [0.2, 0.25) is 4.84 Å². The smallest absolute Gasteiger partial charge is 0.337 e. The molecule has 0 bridgehead atoms. The minimum atomic E-state index is -1.29. The Bertz CT molecular complexity index is 267. The predicted molar refractivity (Wildman–Crippen MR) is 57.4 cm³/mol. The van der Waals surface area contributed by atoms with Crippen LogP contribution in [-0.4, -0.2) is 15.9 Å². The van der Waals surface area contributed by atoms with Gasteiger partial charge in [-0.3, -0.25) is 5.84 Å². The molecule has 0 aromatic heterocycles. The first-order valence-electron chi connectivity index (χ1n) is 3.60. The maximum atomic E-state index is 9.44. The Balaban J connectivity index is 0.000000255. The third-order valence-electron chi connectivity index (χ3n) is 1.13. The molecule has 0 heterocycles. The molecule has 78 valence electrons. The number of nitrogens with two attached hydrogens (primary N) is 1. The van der Waals surface area contributed by atoms with E-state index in [-0.39, 0.29) is 0 Å². The molecule has 6 heteroatoms. The van der Waals surface area contributed by atoms with Crippen LogP contribution in [0.25, 0.3) is 0 Å². The van der Waals surface area contributed by atoms with E-state index >= 15 is 0 Å². The number of halogens is 2. The number of anilines is 1. The van der Waals surface area contributed by atoms with Crippen molar-refractivity contribution in [2.75, 3.05) is 5.43 Å². The molecular weight excluding hydrogens is 227 g/mol. The highest BCUT2D eigenvalue weighted by Gasteiger charge is 2.05. The van der Waals surface area contributed by atoms with Crippen LogP contribution in [0.2, 0.25) is 0 Å². The van der Waals surface area contributed by atoms with Crippen molar-refractivity contribution >= 4 is 34.9 Å². The van der Waals surface area contributed by atoms with Gasteiger partial charge in [-0.25, -0.2) is 4.79 Å². The minimum Gasteiger partial charge on any atom is -0.479 e. The zero-order valence-electron chi connectivity index (χ0n) is 7.15. The average molecular weight is 237 g/mol. The summed E-state index contributed by atoms with van der Waals surface area (Å²) >= 11 is 9.56. The van der Waals surface area contributed by atoms with Gasteiger partial charge in [-0.05, 0) is 12.1 Å². The summed E-state index contributed by atoms with van der Waals surface area (Å²) in [5.41, 5.74) is 3.46. The maximum absolute atomic E-state index is 9.44. The number of carbonyl (C=O) groups is 1. The summed E-state index contributed by atoms with van der Waals surface area (Å²) in [6.07, 6.45) is 0. The molecular formula is C8H10Cl2N2O2. The monoisotopic (exact) mass is 236 g/mol. The van der Waals surface area contributed by atoms with Gasteiger partial charge in [-0.1, -0.05) is 41.4 Å². The number of aliphatic carboxylic acids is 1. The number of para-hydroxylation sites is 1. The van der Waals surface area contributed by atoms with Gasteiger partial charge < -0.3 is 10.5 Å². The number of nitrogen functional groups attached to an aromatic ring is 1. The summed E-state index contributed by atoms with van der Waals surface area (Å²) in [6.45, 7) is 0. The molecule has 0 aliphatic heterocycles. The third-order valence-corrected chi connectivity index (χ3v) is 1.50. The van der Waals surface area contributed by atoms with Gasteiger partial charge in [-0.2, -0.15) is 0 Å². The second-order valence-corrected chi connectivity index (χ2v) is 3.25. The van der Waals surface area contributed by atoms with Gasteiger partial charge in [-0.15, -0.1) is 0 Å². The molecule has 4 nitrogen and oxygen atoms in total. The fraction of sp³-hybridized carbons (Fsp3) is 0.125. The van der Waals surface area contributed by atoms with Crippen LogP contribution < -0.4 is 11.3 Å². The van der Waals surface area contributed by atoms with Crippen LogP contribution in [0.5, 0.6) is 0 Å². The molecule has 0 radical (unpaired) electrons. The normalized spacial score (nSPS) is 8.86. The summed E-state index contributed by atoms with van der Waals surface area (Å²) in [7, 11) is 0. The maximum Gasteiger partial charge on any atom is 0.337 e. The lowest BCUT2D eigenvalue weighted by Crippen LogP contribution is -2.05. The Morgan fingerprint density at radius 1 is 1.36 bits per heavy atom. The van der Waals surface area contributed by atoms with Crippen molar-refractivity contribution in [1.82, 2.24) is 0 Å². The standard InChI is InChI=1S/C6H8N2.C2H2Cl2O2/c7-8-6-4-2-1-3-5-6;3-1(4)2(5)6/h1-5,8H,7H2;1H,(H,5,6). The summed E-state index contributed by atoms with van der Waals surface area (Å²) in [5.74, 6) is 3.89. The zero-order chi connectivity index (χ0) is 11.0. The number of nitrogens with one attached hydrogen (secondary N) is 1. The summed E-state index contributed by atoms with van der Waals surface area (Å²) < 4.78 is 0. The van der Waals surface area contributed by atoms with Crippen molar-refractivity contribution in [2.45, 2.75) is 4.84 Å². The van der Waals surface area contributed by atoms with Crippen molar-refractivity contribution in [3.8, 4) is 0 Å². The van der Waals surface area contributed by atoms with E-state index in [1.165, 1.54) is 0 Å². The highest BCUT2D eigenvalue weighted by Crippen LogP contribution is 2.00. The van der Waals surface area contributed by atoms with Crippen LogP contribution in [0.4, 0.5) is 5.69 Å². The Hall–Kier alpha value is -0.970. The quantitative estimate of drug-likeness (QED) is 0.416. The van der Waals surface area contributed by atoms with Gasteiger partial charge in [0.25, 0.3) is 0 Å². The topological polar surface area (TPSA) is 75.3 Å². The molecule has 0 amide bonds. The van der Waals surface area contributed by atoms with E-state index in [1.807, 2.05) is 30.3 Å². The third kappa shape index (κ3) is 6.54. The fourth-order valence-corrected chi connectivity index (χ4v) is 0.534. The molecule has 4 N–H and O–H groups in total. The summed E-state index contributed by atoms with van der Waals surface area (Å²) in [4.78, 5) is 8.15. The van der Waals surface area contributed by atoms with Gasteiger partial charge >= 0.3 is 5.97 Å². The number of hydrazine groups is 1. The Labute approximate surface area is 91.6 Å². The molecule has 1 aromatic rings. The first kappa shape index (κ1) is 13.0. The van der Waals surface area contributed by atoms with Crippen molar-refractivity contribution < 1.29 is 9.90 Å². The second kappa shape index (κ2) is 7.44. The number of carboxylic acid groups (broad SMARTS) is 1. The number of hydrogen-bond acceptors (Lipinski definition) is 3. The van der Waals surface area contributed by atoms with Crippen LogP contribution in [0.3, 0.4) is 0 Å². The van der Waals surface area contributed by atoms with E-state index in [1.54, 1.807) is 0 Å². The lowest BCUT2D eigenvalue weighted by Gasteiger charge is -1.94. The molecule has 0 saturated carbocycles. The summed E-state index contributed by atoms with van der Waals surface area (Å²) in [5, 5.41) is 7.73. The molecule has 1 aromatic carbocycles. The molecule has 0 saturated heterocycles. The number of carboxylic acids is 1. The van der Waals surface area contributed by atoms with Crippen LogP contribution in [0.1, 0.15) is 0 Å². The van der Waals surface area contributed by atoms with Crippen LogP contribution in [0, 0.1) is 0 Å². The van der Waals surface area contributed by atoms with E-state index in [4.69, 9.17) is 34.2 Å². The summed E-state index contributed by atoms with van der Waals surface area (Å²) in [6, 6.07) is 9.60. The Morgan fingerprint density at radius 2 is 1.79 bits per heavy atom. The Kier molecular flexibility index (Phi) is 6.92. The highest BCUT2D eigenvalue weighted by atomic mass is 35.5. The van der Waals surface area contributed by atoms with Gasteiger partial charge in [0, 0.05) is 5.69 Å². The van der Waals surface area contributed by atoms with Crippen molar-refractivity contribution in [3.05, 3.63) is 30.3 Å². The van der Waals surface area contributed by atoms with Gasteiger partial charge in [0.1, 0.15) is 0 Å². The van der Waals surface area contributed by atoms with Crippen LogP contribution in [-0.2, 0) is 4.79 Å². The average Bonchev–Trinajstić information content (AvgIpc) is 2.20. The number of rotatable bonds is 2. The van der Waals surface area contributed by atoms with E-state index in [2.05, 4.69) is 5.43 Å². The van der Waals surface area contributed by atoms with E-state index in [0.717, 1.165) is 5.69 Å². The first-order valence-corrected chi connectivity index (χ1v) is 4.48. The molecule has 0 unspecified atom stereocenters.